The molecule has 8 nitrogen and oxygen atoms in total. The van der Waals surface area contributed by atoms with Crippen LogP contribution in [0.25, 0.3) is 0 Å². The van der Waals surface area contributed by atoms with Crippen LogP contribution in [0.3, 0.4) is 0 Å². The molecule has 3 atom stereocenters. The summed E-state index contributed by atoms with van der Waals surface area (Å²) in [6.07, 6.45) is 3.35. The third kappa shape index (κ3) is 2.90. The summed E-state index contributed by atoms with van der Waals surface area (Å²) >= 11 is 0. The fourth-order valence-corrected chi connectivity index (χ4v) is 5.57. The molecule has 3 aromatic rings. The number of rotatable bonds is 2. The van der Waals surface area contributed by atoms with Crippen LogP contribution in [0.4, 0.5) is 0 Å². The third-order valence-electron chi connectivity index (χ3n) is 6.99. The van der Waals surface area contributed by atoms with E-state index in [0.717, 1.165) is 23.2 Å². The van der Waals surface area contributed by atoms with E-state index in [-0.39, 0.29) is 34.9 Å². The summed E-state index contributed by atoms with van der Waals surface area (Å²) in [5.74, 6) is -0.415. The Kier molecular flexibility index (Phi) is 4.28. The van der Waals surface area contributed by atoms with Gasteiger partial charge in [0.25, 0.3) is 11.5 Å². The van der Waals surface area contributed by atoms with Crippen LogP contribution < -0.4 is 5.56 Å². The van der Waals surface area contributed by atoms with Crippen LogP contribution in [-0.4, -0.2) is 44.3 Å². The lowest BCUT2D eigenvalue weighted by atomic mass is 9.78. The van der Waals surface area contributed by atoms with Crippen molar-refractivity contribution in [1.82, 2.24) is 19.4 Å². The third-order valence-corrected chi connectivity index (χ3v) is 6.99. The average Bonchev–Trinajstić information content (AvgIpc) is 3.49. The van der Waals surface area contributed by atoms with Gasteiger partial charge in [0.15, 0.2) is 12.1 Å². The van der Waals surface area contributed by atoms with Gasteiger partial charge >= 0.3 is 0 Å². The summed E-state index contributed by atoms with van der Waals surface area (Å²) in [5, 5.41) is 0. The number of nitrogens with zero attached hydrogens (tertiary/aromatic N) is 4. The first-order valence-electron chi connectivity index (χ1n) is 10.8. The Balaban J connectivity index is 1.37. The van der Waals surface area contributed by atoms with E-state index in [9.17, 15) is 14.4 Å². The van der Waals surface area contributed by atoms with Crippen molar-refractivity contribution in [2.75, 3.05) is 13.1 Å². The zero-order valence-corrected chi connectivity index (χ0v) is 17.4. The minimum absolute atomic E-state index is 0.00155. The second kappa shape index (κ2) is 7.19. The molecule has 8 heteroatoms. The highest BCUT2D eigenvalue weighted by molar-refractivity contribution is 5.92. The molecule has 1 fully saturated rings. The van der Waals surface area contributed by atoms with Gasteiger partial charge in [-0.25, -0.2) is 4.98 Å². The van der Waals surface area contributed by atoms with Crippen molar-refractivity contribution < 1.29 is 14.0 Å². The van der Waals surface area contributed by atoms with Crippen molar-refractivity contribution >= 4 is 11.8 Å². The van der Waals surface area contributed by atoms with E-state index in [1.807, 2.05) is 35.2 Å². The van der Waals surface area contributed by atoms with Crippen LogP contribution in [-0.2, 0) is 17.9 Å². The molecule has 162 valence electrons. The number of piperidine rings is 1. The summed E-state index contributed by atoms with van der Waals surface area (Å²) < 4.78 is 6.67. The number of pyridine rings is 1. The quantitative estimate of drug-likeness (QED) is 0.622. The van der Waals surface area contributed by atoms with Crippen LogP contribution in [0, 0.1) is 5.92 Å². The molecule has 1 aromatic carbocycles. The molecule has 6 rings (SSSR count). The molecule has 0 unspecified atom stereocenters. The monoisotopic (exact) mass is 430 g/mol. The van der Waals surface area contributed by atoms with Crippen LogP contribution in [0.5, 0.6) is 0 Å². The van der Waals surface area contributed by atoms with Gasteiger partial charge in [-0.3, -0.25) is 19.0 Å². The fourth-order valence-electron chi connectivity index (χ4n) is 5.57. The van der Waals surface area contributed by atoms with E-state index < -0.39 is 6.04 Å². The first kappa shape index (κ1) is 19.0. The highest BCUT2D eigenvalue weighted by Crippen LogP contribution is 2.42. The molecule has 3 aliphatic heterocycles. The van der Waals surface area contributed by atoms with Crippen molar-refractivity contribution in [1.29, 1.82) is 0 Å². The minimum atomic E-state index is -0.628. The topological polar surface area (TPSA) is 88.7 Å². The molecular weight excluding hydrogens is 408 g/mol. The number of aromatic nitrogens is 2. The predicted molar refractivity (Wildman–Crippen MR) is 114 cm³/mol. The standard InChI is InChI=1S/C24H22N4O4/c29-21-7-3-6-20-17-8-18(12-26(11-17)23(30)19-13-32-14-25-19)22(28(20)21)24(31)27-9-15-4-1-2-5-16(15)10-27/h1-7,13-14,17-18,22H,8-12H2/t17-,18+,22-/m1/s1. The predicted octanol–water partition coefficient (Wildman–Crippen LogP) is 2.18. The maximum atomic E-state index is 13.8. The Morgan fingerprint density at radius 3 is 2.47 bits per heavy atom. The lowest BCUT2D eigenvalue weighted by molar-refractivity contribution is -0.138. The second-order valence-electron chi connectivity index (χ2n) is 8.84. The SMILES string of the molecule is O=C(c1cocn1)N1C[C@H]2C[C@@H](C1)[C@H](C(=O)N1Cc3ccccc3C1)n1c2cccc1=O. The maximum absolute atomic E-state index is 13.8. The number of likely N-dealkylation sites (tertiary alicyclic amines) is 1. The van der Waals surface area contributed by atoms with E-state index >= 15 is 0 Å². The highest BCUT2D eigenvalue weighted by Gasteiger charge is 2.46. The maximum Gasteiger partial charge on any atom is 0.275 e. The molecule has 5 heterocycles. The number of hydrogen-bond acceptors (Lipinski definition) is 5. The van der Waals surface area contributed by atoms with Gasteiger partial charge in [-0.15, -0.1) is 0 Å². The van der Waals surface area contributed by atoms with Gasteiger partial charge in [0.05, 0.1) is 0 Å². The number of carbonyl (C=O) groups excluding carboxylic acids is 2. The Morgan fingerprint density at radius 2 is 1.75 bits per heavy atom. The second-order valence-corrected chi connectivity index (χ2v) is 8.84. The van der Waals surface area contributed by atoms with E-state index in [4.69, 9.17) is 4.42 Å². The molecule has 0 N–H and O–H groups in total. The van der Waals surface area contributed by atoms with Gasteiger partial charge in [-0.2, -0.15) is 0 Å². The Labute approximate surface area is 184 Å². The largest absolute Gasteiger partial charge is 0.451 e. The van der Waals surface area contributed by atoms with Crippen LogP contribution in [0.1, 0.15) is 45.7 Å². The summed E-state index contributed by atoms with van der Waals surface area (Å²) in [6, 6.07) is 12.6. The number of fused-ring (bicyclic) bond motifs is 5. The number of amides is 2. The molecule has 0 saturated carbocycles. The van der Waals surface area contributed by atoms with Gasteiger partial charge in [0.1, 0.15) is 12.3 Å². The van der Waals surface area contributed by atoms with Gasteiger partial charge in [-0.1, -0.05) is 30.3 Å². The molecule has 2 aromatic heterocycles. The van der Waals surface area contributed by atoms with Crippen molar-refractivity contribution in [3.05, 3.63) is 88.0 Å². The van der Waals surface area contributed by atoms with Crippen molar-refractivity contribution in [2.45, 2.75) is 31.5 Å². The van der Waals surface area contributed by atoms with Gasteiger partial charge < -0.3 is 14.2 Å². The molecule has 2 bridgehead atoms. The molecule has 2 amide bonds. The first-order chi connectivity index (χ1) is 15.6. The lowest BCUT2D eigenvalue weighted by Crippen LogP contribution is -2.54. The van der Waals surface area contributed by atoms with Crippen LogP contribution in [0.2, 0.25) is 0 Å². The lowest BCUT2D eigenvalue weighted by Gasteiger charge is -2.46. The Morgan fingerprint density at radius 1 is 0.969 bits per heavy atom. The van der Waals surface area contributed by atoms with Gasteiger partial charge in [-0.05, 0) is 23.6 Å². The Hall–Kier alpha value is -3.68. The van der Waals surface area contributed by atoms with E-state index in [1.165, 1.54) is 18.7 Å². The summed E-state index contributed by atoms with van der Waals surface area (Å²) in [4.78, 5) is 47.3. The van der Waals surface area contributed by atoms with Crippen molar-refractivity contribution in [3.63, 3.8) is 0 Å². The minimum Gasteiger partial charge on any atom is -0.451 e. The molecule has 3 aliphatic rings. The number of hydrogen-bond donors (Lipinski definition) is 0. The van der Waals surface area contributed by atoms with E-state index in [1.54, 1.807) is 15.5 Å². The van der Waals surface area contributed by atoms with Gasteiger partial charge in [0.2, 0.25) is 5.91 Å². The first-order valence-corrected chi connectivity index (χ1v) is 10.8. The molecule has 32 heavy (non-hydrogen) atoms. The molecule has 0 spiro atoms. The van der Waals surface area contributed by atoms with E-state index in [0.29, 0.717) is 26.2 Å². The fraction of sp³-hybridized carbons (Fsp3) is 0.333. The zero-order valence-electron chi connectivity index (χ0n) is 17.4. The van der Waals surface area contributed by atoms with Crippen LogP contribution in [0.15, 0.2) is 64.3 Å². The summed E-state index contributed by atoms with van der Waals surface area (Å²) in [5.41, 5.74) is 3.20. The van der Waals surface area contributed by atoms with Crippen molar-refractivity contribution in [3.8, 4) is 0 Å². The number of oxazole rings is 1. The summed E-state index contributed by atoms with van der Waals surface area (Å²) in [6.45, 7) is 1.97. The molecule has 1 saturated heterocycles. The highest BCUT2D eigenvalue weighted by atomic mass is 16.3. The smallest absolute Gasteiger partial charge is 0.275 e. The number of benzene rings is 1. The zero-order chi connectivity index (χ0) is 21.8. The normalized spacial score (nSPS) is 23.6. The Bertz CT molecular complexity index is 1240. The summed E-state index contributed by atoms with van der Waals surface area (Å²) in [7, 11) is 0. The molecule has 0 aliphatic carbocycles. The molecular formula is C24H22N4O4. The average molecular weight is 430 g/mol. The molecule has 0 radical (unpaired) electrons. The van der Waals surface area contributed by atoms with E-state index in [2.05, 4.69) is 4.98 Å². The number of carbonyl (C=O) groups is 2. The van der Waals surface area contributed by atoms with Crippen molar-refractivity contribution in [2.24, 2.45) is 5.92 Å². The van der Waals surface area contributed by atoms with Crippen LogP contribution >= 0.6 is 0 Å². The van der Waals surface area contributed by atoms with Gasteiger partial charge in [0, 0.05) is 49.8 Å².